The lowest BCUT2D eigenvalue weighted by Crippen LogP contribution is -2.09. The molecule has 0 aliphatic carbocycles. The number of benzene rings is 2. The number of nitro benzene ring substituents is 1. The molecular formula is C16H15NO6. The molecule has 0 radical (unpaired) electrons. The number of carbonyl (C=O) groups is 1. The van der Waals surface area contributed by atoms with E-state index in [4.69, 9.17) is 14.2 Å². The third kappa shape index (κ3) is 3.97. The van der Waals surface area contributed by atoms with Crippen LogP contribution in [0.1, 0.15) is 17.3 Å². The number of nitrogens with zero attached hydrogens (tertiary/aromatic N) is 1. The molecule has 0 spiro atoms. The summed E-state index contributed by atoms with van der Waals surface area (Å²) in [5.41, 5.74) is 0.0705. The average molecular weight is 317 g/mol. The molecule has 0 N–H and O–H groups in total. The van der Waals surface area contributed by atoms with Crippen molar-refractivity contribution in [3.63, 3.8) is 0 Å². The van der Waals surface area contributed by atoms with Crippen molar-refractivity contribution in [2.75, 3.05) is 13.7 Å². The van der Waals surface area contributed by atoms with E-state index in [1.807, 2.05) is 6.92 Å². The number of non-ortho nitro benzene ring substituents is 1. The van der Waals surface area contributed by atoms with E-state index in [9.17, 15) is 14.9 Å². The first-order chi connectivity index (χ1) is 11.0. The van der Waals surface area contributed by atoms with Crippen LogP contribution in [0.2, 0.25) is 0 Å². The van der Waals surface area contributed by atoms with Gasteiger partial charge in [-0.2, -0.15) is 0 Å². The number of carbonyl (C=O) groups excluding carboxylic acids is 1. The minimum atomic E-state index is -0.662. The van der Waals surface area contributed by atoms with Crippen molar-refractivity contribution in [1.82, 2.24) is 0 Å². The fourth-order valence-electron chi connectivity index (χ4n) is 1.90. The van der Waals surface area contributed by atoms with Crippen molar-refractivity contribution in [3.8, 4) is 17.2 Å². The molecule has 7 nitrogen and oxygen atoms in total. The van der Waals surface area contributed by atoms with Crippen LogP contribution in [0.25, 0.3) is 0 Å². The van der Waals surface area contributed by atoms with Crippen molar-refractivity contribution in [2.45, 2.75) is 6.92 Å². The molecule has 23 heavy (non-hydrogen) atoms. The Labute approximate surface area is 132 Å². The Balaban J connectivity index is 2.27. The number of methoxy groups -OCH3 is 1. The standard InChI is InChI=1S/C16H15NO6/c1-3-22-13-6-4-5-11(9-13)16(18)23-15-10-12(17(19)20)7-8-14(15)21-2/h4-10H,3H2,1-2H3. The van der Waals surface area contributed by atoms with Gasteiger partial charge in [0.1, 0.15) is 5.75 Å². The van der Waals surface area contributed by atoms with Gasteiger partial charge in [-0.1, -0.05) is 6.07 Å². The van der Waals surface area contributed by atoms with E-state index >= 15 is 0 Å². The van der Waals surface area contributed by atoms with Gasteiger partial charge in [-0.15, -0.1) is 0 Å². The highest BCUT2D eigenvalue weighted by Crippen LogP contribution is 2.31. The zero-order valence-corrected chi connectivity index (χ0v) is 12.6. The largest absolute Gasteiger partial charge is 0.494 e. The molecule has 7 heteroatoms. The quantitative estimate of drug-likeness (QED) is 0.352. The SMILES string of the molecule is CCOc1cccc(C(=O)Oc2cc([N+](=O)[O-])ccc2OC)c1. The van der Waals surface area contributed by atoms with Gasteiger partial charge < -0.3 is 14.2 Å². The van der Waals surface area contributed by atoms with Gasteiger partial charge in [-0.05, 0) is 31.2 Å². The predicted molar refractivity (Wildman–Crippen MR) is 82.2 cm³/mol. The van der Waals surface area contributed by atoms with E-state index < -0.39 is 10.9 Å². The molecule has 0 heterocycles. The highest BCUT2D eigenvalue weighted by molar-refractivity contribution is 5.91. The first kappa shape index (κ1) is 16.3. The number of rotatable bonds is 6. The maximum Gasteiger partial charge on any atom is 0.343 e. The van der Waals surface area contributed by atoms with Crippen molar-refractivity contribution < 1.29 is 23.9 Å². The molecule has 0 amide bonds. The summed E-state index contributed by atoms with van der Waals surface area (Å²) in [5.74, 6) is 0.0803. The van der Waals surface area contributed by atoms with Crippen LogP contribution in [0.5, 0.6) is 17.2 Å². The van der Waals surface area contributed by atoms with Crippen LogP contribution in [0.4, 0.5) is 5.69 Å². The Hall–Kier alpha value is -3.09. The maximum absolute atomic E-state index is 12.2. The Kier molecular flexibility index (Phi) is 5.14. The molecule has 2 aromatic rings. The first-order valence-corrected chi connectivity index (χ1v) is 6.82. The third-order valence-electron chi connectivity index (χ3n) is 2.94. The van der Waals surface area contributed by atoms with Crippen molar-refractivity contribution in [2.24, 2.45) is 0 Å². The molecule has 0 aliphatic rings. The molecule has 0 atom stereocenters. The number of esters is 1. The van der Waals surface area contributed by atoms with Gasteiger partial charge in [0.05, 0.1) is 30.3 Å². The summed E-state index contributed by atoms with van der Waals surface area (Å²) in [5, 5.41) is 10.8. The number of hydrogen-bond donors (Lipinski definition) is 0. The van der Waals surface area contributed by atoms with Gasteiger partial charge in [-0.25, -0.2) is 4.79 Å². The van der Waals surface area contributed by atoms with Crippen molar-refractivity contribution in [3.05, 3.63) is 58.1 Å². The lowest BCUT2D eigenvalue weighted by molar-refractivity contribution is -0.384. The fraction of sp³-hybridized carbons (Fsp3) is 0.188. The minimum Gasteiger partial charge on any atom is -0.494 e. The van der Waals surface area contributed by atoms with Crippen molar-refractivity contribution >= 4 is 11.7 Å². The van der Waals surface area contributed by atoms with E-state index in [0.717, 1.165) is 6.07 Å². The van der Waals surface area contributed by atoms with Crippen molar-refractivity contribution in [1.29, 1.82) is 0 Å². The van der Waals surface area contributed by atoms with Gasteiger partial charge in [0.15, 0.2) is 11.5 Å². The van der Waals surface area contributed by atoms with E-state index in [0.29, 0.717) is 12.4 Å². The van der Waals surface area contributed by atoms with Gasteiger partial charge in [-0.3, -0.25) is 10.1 Å². The Morgan fingerprint density at radius 1 is 1.17 bits per heavy atom. The molecular weight excluding hydrogens is 302 g/mol. The molecule has 2 aromatic carbocycles. The van der Waals surface area contributed by atoms with Crippen LogP contribution in [-0.2, 0) is 0 Å². The molecule has 0 saturated carbocycles. The smallest absolute Gasteiger partial charge is 0.343 e. The highest BCUT2D eigenvalue weighted by atomic mass is 16.6. The Morgan fingerprint density at radius 3 is 2.61 bits per heavy atom. The number of ether oxygens (including phenoxy) is 3. The summed E-state index contributed by atoms with van der Waals surface area (Å²) >= 11 is 0. The van der Waals surface area contributed by atoms with Crippen LogP contribution >= 0.6 is 0 Å². The second-order valence-electron chi connectivity index (χ2n) is 4.44. The normalized spacial score (nSPS) is 10.0. The minimum absolute atomic E-state index is 0.0199. The number of nitro groups is 1. The lowest BCUT2D eigenvalue weighted by Gasteiger charge is -2.09. The lowest BCUT2D eigenvalue weighted by atomic mass is 10.2. The monoisotopic (exact) mass is 317 g/mol. The summed E-state index contributed by atoms with van der Waals surface area (Å²) in [7, 11) is 1.38. The van der Waals surface area contributed by atoms with Gasteiger partial charge in [0.2, 0.25) is 0 Å². The Bertz CT molecular complexity index is 728. The Morgan fingerprint density at radius 2 is 1.96 bits per heavy atom. The molecule has 120 valence electrons. The average Bonchev–Trinajstić information content (AvgIpc) is 2.55. The first-order valence-electron chi connectivity index (χ1n) is 6.82. The zero-order valence-electron chi connectivity index (χ0n) is 12.6. The zero-order chi connectivity index (χ0) is 16.8. The molecule has 0 bridgehead atoms. The van der Waals surface area contributed by atoms with E-state index in [2.05, 4.69) is 0 Å². The molecule has 0 aliphatic heterocycles. The van der Waals surface area contributed by atoms with Crippen LogP contribution in [0, 0.1) is 10.1 Å². The highest BCUT2D eigenvalue weighted by Gasteiger charge is 2.17. The van der Waals surface area contributed by atoms with Gasteiger partial charge >= 0.3 is 5.97 Å². The van der Waals surface area contributed by atoms with Gasteiger partial charge in [0, 0.05) is 6.07 Å². The van der Waals surface area contributed by atoms with Crippen LogP contribution in [-0.4, -0.2) is 24.6 Å². The molecule has 0 saturated heterocycles. The van der Waals surface area contributed by atoms with Crippen LogP contribution in [0.3, 0.4) is 0 Å². The topological polar surface area (TPSA) is 87.9 Å². The summed E-state index contributed by atoms with van der Waals surface area (Å²) in [4.78, 5) is 22.5. The van der Waals surface area contributed by atoms with E-state index in [1.54, 1.807) is 18.2 Å². The summed E-state index contributed by atoms with van der Waals surface area (Å²) in [6.45, 7) is 2.30. The molecule has 0 fully saturated rings. The molecule has 0 aromatic heterocycles. The molecule has 2 rings (SSSR count). The molecule has 0 unspecified atom stereocenters. The second kappa shape index (κ2) is 7.26. The predicted octanol–water partition coefficient (Wildman–Crippen LogP) is 3.22. The second-order valence-corrected chi connectivity index (χ2v) is 4.44. The summed E-state index contributed by atoms with van der Waals surface area (Å²) in [6.07, 6.45) is 0. The van der Waals surface area contributed by atoms with Crippen LogP contribution < -0.4 is 14.2 Å². The summed E-state index contributed by atoms with van der Waals surface area (Å²) < 4.78 is 15.6. The third-order valence-corrected chi connectivity index (χ3v) is 2.94. The summed E-state index contributed by atoms with van der Waals surface area (Å²) in [6, 6.07) is 10.3. The fourth-order valence-corrected chi connectivity index (χ4v) is 1.90. The number of hydrogen-bond acceptors (Lipinski definition) is 6. The maximum atomic E-state index is 12.2. The van der Waals surface area contributed by atoms with Gasteiger partial charge in [0.25, 0.3) is 5.69 Å². The van der Waals surface area contributed by atoms with E-state index in [-0.39, 0.29) is 22.7 Å². The van der Waals surface area contributed by atoms with E-state index in [1.165, 1.54) is 25.3 Å². The van der Waals surface area contributed by atoms with Crippen LogP contribution in [0.15, 0.2) is 42.5 Å².